The van der Waals surface area contributed by atoms with Crippen molar-refractivity contribution < 1.29 is 14.3 Å². The Morgan fingerprint density at radius 2 is 2.03 bits per heavy atom. The molecule has 0 spiro atoms. The lowest BCUT2D eigenvalue weighted by Gasteiger charge is -2.29. The molecule has 6 nitrogen and oxygen atoms in total. The maximum Gasteiger partial charge on any atom is 0.260 e. The number of benzene rings is 2. The van der Waals surface area contributed by atoms with Gasteiger partial charge in [0, 0.05) is 31.7 Å². The van der Waals surface area contributed by atoms with E-state index in [0.29, 0.717) is 18.7 Å². The minimum atomic E-state index is -0.0455. The van der Waals surface area contributed by atoms with Gasteiger partial charge in [-0.25, -0.2) is 4.98 Å². The molecule has 0 atom stereocenters. The standard InChI is InChI=1S/C25H31N3O3S/c1-3-4-15-31-21-9-6-8-20(18-21)24(29)28(12-11-27-13-16-30-17-14-27)25-26-23-19(2)7-5-10-22(23)32-25/h5-10,18H,3-4,11-17H2,1-2H3. The van der Waals surface area contributed by atoms with E-state index in [4.69, 9.17) is 14.5 Å². The molecular weight excluding hydrogens is 422 g/mol. The van der Waals surface area contributed by atoms with Gasteiger partial charge in [0.25, 0.3) is 5.91 Å². The highest BCUT2D eigenvalue weighted by Crippen LogP contribution is 2.31. The van der Waals surface area contributed by atoms with Gasteiger partial charge in [-0.1, -0.05) is 42.9 Å². The summed E-state index contributed by atoms with van der Waals surface area (Å²) >= 11 is 1.57. The average molecular weight is 454 g/mol. The van der Waals surface area contributed by atoms with Gasteiger partial charge in [0.05, 0.1) is 30.0 Å². The lowest BCUT2D eigenvalue weighted by atomic mass is 10.2. The molecule has 1 fully saturated rings. The van der Waals surface area contributed by atoms with Crippen molar-refractivity contribution in [1.82, 2.24) is 9.88 Å². The number of carbonyl (C=O) groups is 1. The molecule has 1 aliphatic heterocycles. The van der Waals surface area contributed by atoms with Crippen LogP contribution in [0.4, 0.5) is 5.13 Å². The lowest BCUT2D eigenvalue weighted by molar-refractivity contribution is 0.0391. The fraction of sp³-hybridized carbons (Fsp3) is 0.440. The van der Waals surface area contributed by atoms with E-state index < -0.39 is 0 Å². The summed E-state index contributed by atoms with van der Waals surface area (Å²) in [7, 11) is 0. The van der Waals surface area contributed by atoms with Crippen LogP contribution in [0.1, 0.15) is 35.7 Å². The van der Waals surface area contributed by atoms with Crippen molar-refractivity contribution in [2.24, 2.45) is 0 Å². The summed E-state index contributed by atoms with van der Waals surface area (Å²) < 4.78 is 12.4. The maximum absolute atomic E-state index is 13.7. The van der Waals surface area contributed by atoms with E-state index in [1.807, 2.05) is 35.2 Å². The van der Waals surface area contributed by atoms with Crippen molar-refractivity contribution in [3.05, 3.63) is 53.6 Å². The molecule has 0 saturated carbocycles. The third-order valence-corrected chi connectivity index (χ3v) is 6.72. The second-order valence-electron chi connectivity index (χ2n) is 8.06. The van der Waals surface area contributed by atoms with Crippen molar-refractivity contribution in [1.29, 1.82) is 0 Å². The van der Waals surface area contributed by atoms with Crippen LogP contribution < -0.4 is 9.64 Å². The maximum atomic E-state index is 13.7. The van der Waals surface area contributed by atoms with Crippen molar-refractivity contribution in [3.8, 4) is 5.75 Å². The van der Waals surface area contributed by atoms with Gasteiger partial charge in [0.1, 0.15) is 5.75 Å². The summed E-state index contributed by atoms with van der Waals surface area (Å²) in [4.78, 5) is 22.7. The number of ether oxygens (including phenoxy) is 2. The molecule has 0 bridgehead atoms. The van der Waals surface area contributed by atoms with Crippen LogP contribution in [0.2, 0.25) is 0 Å². The van der Waals surface area contributed by atoms with Crippen LogP contribution in [0.3, 0.4) is 0 Å². The van der Waals surface area contributed by atoms with Crippen LogP contribution in [-0.2, 0) is 4.74 Å². The van der Waals surface area contributed by atoms with Gasteiger partial charge in [-0.2, -0.15) is 0 Å². The molecule has 1 saturated heterocycles. The van der Waals surface area contributed by atoms with Crippen LogP contribution in [0, 0.1) is 6.92 Å². The Balaban J connectivity index is 1.59. The summed E-state index contributed by atoms with van der Waals surface area (Å²) in [5, 5.41) is 0.741. The fourth-order valence-corrected chi connectivity index (χ4v) is 4.82. The van der Waals surface area contributed by atoms with E-state index in [0.717, 1.165) is 72.4 Å². The Kier molecular flexibility index (Phi) is 7.73. The Hall–Kier alpha value is -2.48. The number of anilines is 1. The highest BCUT2D eigenvalue weighted by Gasteiger charge is 2.23. The molecule has 3 aromatic rings. The first-order valence-electron chi connectivity index (χ1n) is 11.4. The molecule has 0 aliphatic carbocycles. The number of nitrogens with zero attached hydrogens (tertiary/aromatic N) is 3. The zero-order chi connectivity index (χ0) is 22.3. The number of morpholine rings is 1. The van der Waals surface area contributed by atoms with Crippen LogP contribution in [-0.4, -0.2) is 61.8 Å². The first kappa shape index (κ1) is 22.7. The molecule has 4 rings (SSSR count). The smallest absolute Gasteiger partial charge is 0.260 e. The Bertz CT molecular complexity index is 1050. The first-order chi connectivity index (χ1) is 15.7. The molecule has 7 heteroatoms. The Labute approximate surface area is 193 Å². The monoisotopic (exact) mass is 453 g/mol. The summed E-state index contributed by atoms with van der Waals surface area (Å²) in [5.41, 5.74) is 2.71. The largest absolute Gasteiger partial charge is 0.494 e. The van der Waals surface area contributed by atoms with E-state index in [1.165, 1.54) is 0 Å². The molecule has 2 heterocycles. The number of para-hydroxylation sites is 1. The molecule has 0 N–H and O–H groups in total. The molecule has 170 valence electrons. The van der Waals surface area contributed by atoms with Crippen LogP contribution in [0.15, 0.2) is 42.5 Å². The van der Waals surface area contributed by atoms with Gasteiger partial charge in [-0.3, -0.25) is 14.6 Å². The second-order valence-corrected chi connectivity index (χ2v) is 9.07. The molecular formula is C25H31N3O3S. The van der Waals surface area contributed by atoms with Crippen molar-refractivity contribution in [2.75, 3.05) is 50.9 Å². The number of aromatic nitrogens is 1. The van der Waals surface area contributed by atoms with Crippen molar-refractivity contribution in [3.63, 3.8) is 0 Å². The van der Waals surface area contributed by atoms with E-state index in [1.54, 1.807) is 11.3 Å². The molecule has 2 aromatic carbocycles. The van der Waals surface area contributed by atoms with Crippen molar-refractivity contribution in [2.45, 2.75) is 26.7 Å². The number of amides is 1. The topological polar surface area (TPSA) is 54.9 Å². The predicted octanol–water partition coefficient (Wildman–Crippen LogP) is 4.76. The van der Waals surface area contributed by atoms with Gasteiger partial charge in [-0.05, 0) is 43.2 Å². The number of aryl methyl sites for hydroxylation is 1. The van der Waals surface area contributed by atoms with Crippen LogP contribution >= 0.6 is 11.3 Å². The molecule has 1 aliphatic rings. The Morgan fingerprint density at radius 1 is 1.22 bits per heavy atom. The van der Waals surface area contributed by atoms with Gasteiger partial charge < -0.3 is 9.47 Å². The number of fused-ring (bicyclic) bond motifs is 1. The fourth-order valence-electron chi connectivity index (χ4n) is 3.75. The lowest BCUT2D eigenvalue weighted by Crippen LogP contribution is -2.43. The first-order valence-corrected chi connectivity index (χ1v) is 12.2. The summed E-state index contributed by atoms with van der Waals surface area (Å²) in [6.07, 6.45) is 2.07. The molecule has 32 heavy (non-hydrogen) atoms. The molecule has 1 amide bonds. The highest BCUT2D eigenvalue weighted by molar-refractivity contribution is 7.22. The minimum Gasteiger partial charge on any atom is -0.494 e. The van der Waals surface area contributed by atoms with Gasteiger partial charge in [-0.15, -0.1) is 0 Å². The Morgan fingerprint density at radius 3 is 2.81 bits per heavy atom. The number of thiazole rings is 1. The molecule has 1 aromatic heterocycles. The molecule has 0 unspecified atom stereocenters. The number of rotatable bonds is 9. The normalized spacial score (nSPS) is 14.6. The zero-order valence-corrected chi connectivity index (χ0v) is 19.7. The second kappa shape index (κ2) is 10.9. The SMILES string of the molecule is CCCCOc1cccc(C(=O)N(CCN2CCOCC2)c2nc3c(C)cccc3s2)c1. The van der Waals surface area contributed by atoms with Crippen molar-refractivity contribution >= 4 is 32.6 Å². The predicted molar refractivity (Wildman–Crippen MR) is 130 cm³/mol. The van der Waals surface area contributed by atoms with E-state index in [2.05, 4.69) is 30.9 Å². The van der Waals surface area contributed by atoms with Gasteiger partial charge in [0.15, 0.2) is 5.13 Å². The number of carbonyl (C=O) groups excluding carboxylic acids is 1. The molecule has 0 radical (unpaired) electrons. The highest BCUT2D eigenvalue weighted by atomic mass is 32.1. The van der Waals surface area contributed by atoms with E-state index >= 15 is 0 Å². The number of hydrogen-bond acceptors (Lipinski definition) is 6. The average Bonchev–Trinajstić information content (AvgIpc) is 3.26. The summed E-state index contributed by atoms with van der Waals surface area (Å²) in [6, 6.07) is 13.7. The van der Waals surface area contributed by atoms with Gasteiger partial charge in [0.2, 0.25) is 0 Å². The van der Waals surface area contributed by atoms with Crippen LogP contribution in [0.5, 0.6) is 5.75 Å². The third-order valence-electron chi connectivity index (χ3n) is 5.68. The summed E-state index contributed by atoms with van der Waals surface area (Å²) in [6.45, 7) is 9.49. The van der Waals surface area contributed by atoms with E-state index in [-0.39, 0.29) is 5.91 Å². The quantitative estimate of drug-likeness (QED) is 0.437. The van der Waals surface area contributed by atoms with E-state index in [9.17, 15) is 4.79 Å². The number of unbranched alkanes of at least 4 members (excludes halogenated alkanes) is 1. The van der Waals surface area contributed by atoms with Gasteiger partial charge >= 0.3 is 0 Å². The zero-order valence-electron chi connectivity index (χ0n) is 18.9. The van der Waals surface area contributed by atoms with Crippen LogP contribution in [0.25, 0.3) is 10.2 Å². The third kappa shape index (κ3) is 5.46. The number of hydrogen-bond donors (Lipinski definition) is 0. The summed E-state index contributed by atoms with van der Waals surface area (Å²) in [5.74, 6) is 0.688. The minimum absolute atomic E-state index is 0.0455.